The number of amides is 2. The Morgan fingerprint density at radius 3 is 2.53 bits per heavy atom. The van der Waals surface area contributed by atoms with E-state index in [0.29, 0.717) is 0 Å². The van der Waals surface area contributed by atoms with Crippen LogP contribution >= 0.6 is 12.6 Å². The molecule has 0 aliphatic heterocycles. The van der Waals surface area contributed by atoms with Crippen molar-refractivity contribution in [2.75, 3.05) is 5.75 Å². The molecular weight excluding hydrogens is 268 g/mol. The van der Waals surface area contributed by atoms with Crippen LogP contribution in [0, 0.1) is 0 Å². The molecule has 7 heteroatoms. The maximum absolute atomic E-state index is 11.8. The van der Waals surface area contributed by atoms with Gasteiger partial charge in [-0.05, 0) is 12.1 Å². The monoisotopic (exact) mass is 282 g/mol. The van der Waals surface area contributed by atoms with Crippen LogP contribution in [0.1, 0.15) is 17.3 Å². The Labute approximate surface area is 115 Å². The van der Waals surface area contributed by atoms with Crippen molar-refractivity contribution in [1.29, 1.82) is 0 Å². The maximum atomic E-state index is 11.8. The molecule has 102 valence electrons. The molecular formula is C12H14N2O4S. The lowest BCUT2D eigenvalue weighted by Crippen LogP contribution is -2.43. The fourth-order valence-corrected chi connectivity index (χ4v) is 1.60. The zero-order valence-corrected chi connectivity index (χ0v) is 11.1. The van der Waals surface area contributed by atoms with Gasteiger partial charge in [-0.25, -0.2) is 4.79 Å². The predicted octanol–water partition coefficient (Wildman–Crippen LogP) is 0.125. The van der Waals surface area contributed by atoms with Crippen LogP contribution in [0.3, 0.4) is 0 Å². The average molecular weight is 282 g/mol. The van der Waals surface area contributed by atoms with E-state index >= 15 is 0 Å². The lowest BCUT2D eigenvalue weighted by Gasteiger charge is -2.15. The van der Waals surface area contributed by atoms with Gasteiger partial charge in [0.15, 0.2) is 0 Å². The van der Waals surface area contributed by atoms with Crippen molar-refractivity contribution in [2.45, 2.75) is 13.0 Å². The summed E-state index contributed by atoms with van der Waals surface area (Å²) in [6, 6.07) is 5.20. The second-order valence-corrected chi connectivity index (χ2v) is 4.08. The zero-order chi connectivity index (χ0) is 14.4. The molecule has 1 aromatic rings. The number of hydrogen-bond donors (Lipinski definition) is 3. The van der Waals surface area contributed by atoms with Gasteiger partial charge >= 0.3 is 5.97 Å². The molecule has 0 heterocycles. The summed E-state index contributed by atoms with van der Waals surface area (Å²) in [6.07, 6.45) is 0. The summed E-state index contributed by atoms with van der Waals surface area (Å²) in [6.45, 7) is 1.28. The molecule has 0 saturated heterocycles. The van der Waals surface area contributed by atoms with Gasteiger partial charge in [0.05, 0.1) is 5.56 Å². The second-order valence-electron chi connectivity index (χ2n) is 3.72. The summed E-state index contributed by atoms with van der Waals surface area (Å²) in [5.74, 6) is -1.66. The van der Waals surface area contributed by atoms with E-state index in [1.807, 2.05) is 0 Å². The predicted molar refractivity (Wildman–Crippen MR) is 72.1 cm³/mol. The lowest BCUT2D eigenvalue weighted by atomic mass is 10.2. The van der Waals surface area contributed by atoms with Gasteiger partial charge in [-0.3, -0.25) is 9.59 Å². The Bertz CT molecular complexity index is 504. The van der Waals surface area contributed by atoms with Crippen molar-refractivity contribution in [2.24, 2.45) is 5.73 Å². The van der Waals surface area contributed by atoms with Gasteiger partial charge in [-0.1, -0.05) is 12.1 Å². The van der Waals surface area contributed by atoms with E-state index in [0.717, 1.165) is 0 Å². The Morgan fingerprint density at radius 1 is 1.37 bits per heavy atom. The Morgan fingerprint density at radius 2 is 2.00 bits per heavy atom. The minimum Gasteiger partial charge on any atom is -0.424 e. The van der Waals surface area contributed by atoms with E-state index < -0.39 is 17.9 Å². The molecule has 0 aliphatic carbocycles. The summed E-state index contributed by atoms with van der Waals surface area (Å²) in [5.41, 5.74) is 5.26. The highest BCUT2D eigenvalue weighted by molar-refractivity contribution is 7.80. The third kappa shape index (κ3) is 4.29. The van der Waals surface area contributed by atoms with Crippen LogP contribution in [0.15, 0.2) is 24.3 Å². The molecule has 1 unspecified atom stereocenters. The number of primary amides is 1. The van der Waals surface area contributed by atoms with E-state index in [2.05, 4.69) is 17.9 Å². The summed E-state index contributed by atoms with van der Waals surface area (Å²) in [5, 5.41) is 2.39. The van der Waals surface area contributed by atoms with Crippen LogP contribution in [-0.2, 0) is 9.59 Å². The highest BCUT2D eigenvalue weighted by Crippen LogP contribution is 2.17. The van der Waals surface area contributed by atoms with Crippen LogP contribution in [-0.4, -0.2) is 29.6 Å². The zero-order valence-electron chi connectivity index (χ0n) is 10.3. The highest BCUT2D eigenvalue weighted by atomic mass is 32.1. The van der Waals surface area contributed by atoms with Gasteiger partial charge in [0.2, 0.25) is 5.91 Å². The fraction of sp³-hybridized carbons (Fsp3) is 0.250. The Hall–Kier alpha value is -2.02. The first-order valence-electron chi connectivity index (χ1n) is 5.44. The number of para-hydroxylation sites is 1. The molecule has 0 saturated carbocycles. The first kappa shape index (κ1) is 15.0. The van der Waals surface area contributed by atoms with Crippen molar-refractivity contribution in [3.63, 3.8) is 0 Å². The molecule has 2 amide bonds. The number of carbonyl (C=O) groups excluding carboxylic acids is 3. The van der Waals surface area contributed by atoms with Crippen LogP contribution in [0.25, 0.3) is 0 Å². The molecule has 0 aliphatic rings. The summed E-state index contributed by atoms with van der Waals surface area (Å²) >= 11 is 3.96. The summed E-state index contributed by atoms with van der Waals surface area (Å²) < 4.78 is 5.06. The standard InChI is InChI=1S/C12H14N2O4S/c1-7(15)14-9(6-19)12(17)18-10-5-3-2-4-8(10)11(13)16/h2-5,9,19H,6H2,1H3,(H2,13,16)(H,14,15). The normalized spacial score (nSPS) is 11.5. The molecule has 0 spiro atoms. The van der Waals surface area contributed by atoms with E-state index in [9.17, 15) is 14.4 Å². The minimum atomic E-state index is -0.887. The van der Waals surface area contributed by atoms with Crippen molar-refractivity contribution in [3.05, 3.63) is 29.8 Å². The first-order chi connectivity index (χ1) is 8.95. The summed E-state index contributed by atoms with van der Waals surface area (Å²) in [7, 11) is 0. The molecule has 1 rings (SSSR count). The minimum absolute atomic E-state index is 0.0529. The second kappa shape index (κ2) is 6.79. The molecule has 1 atom stereocenters. The number of nitrogens with two attached hydrogens (primary N) is 1. The molecule has 3 N–H and O–H groups in total. The first-order valence-corrected chi connectivity index (χ1v) is 6.07. The Kier molecular flexibility index (Phi) is 5.37. The average Bonchev–Trinajstić information content (AvgIpc) is 2.35. The van der Waals surface area contributed by atoms with Gasteiger partial charge in [0, 0.05) is 12.7 Å². The fourth-order valence-electron chi connectivity index (χ4n) is 1.36. The summed E-state index contributed by atoms with van der Waals surface area (Å²) in [4.78, 5) is 33.9. The Balaban J connectivity index is 2.87. The van der Waals surface area contributed by atoms with E-state index in [4.69, 9.17) is 10.5 Å². The number of rotatable bonds is 5. The van der Waals surface area contributed by atoms with Crippen LogP contribution in [0.2, 0.25) is 0 Å². The molecule has 0 bridgehead atoms. The highest BCUT2D eigenvalue weighted by Gasteiger charge is 2.21. The molecule has 0 fully saturated rings. The topological polar surface area (TPSA) is 98.5 Å². The van der Waals surface area contributed by atoms with Gasteiger partial charge in [-0.2, -0.15) is 12.6 Å². The van der Waals surface area contributed by atoms with Gasteiger partial charge in [0.25, 0.3) is 5.91 Å². The lowest BCUT2D eigenvalue weighted by molar-refractivity contribution is -0.138. The number of hydrogen-bond acceptors (Lipinski definition) is 5. The van der Waals surface area contributed by atoms with E-state index in [1.165, 1.54) is 19.1 Å². The van der Waals surface area contributed by atoms with Gasteiger partial charge < -0.3 is 15.8 Å². The van der Waals surface area contributed by atoms with Crippen molar-refractivity contribution in [3.8, 4) is 5.75 Å². The maximum Gasteiger partial charge on any atom is 0.334 e. The molecule has 1 aromatic carbocycles. The van der Waals surface area contributed by atoms with Gasteiger partial charge in [-0.15, -0.1) is 0 Å². The number of esters is 1. The molecule has 19 heavy (non-hydrogen) atoms. The van der Waals surface area contributed by atoms with Crippen LogP contribution < -0.4 is 15.8 Å². The van der Waals surface area contributed by atoms with E-state index in [-0.39, 0.29) is 23.0 Å². The number of nitrogens with one attached hydrogen (secondary N) is 1. The third-order valence-corrected chi connectivity index (χ3v) is 2.57. The number of thiol groups is 1. The number of carbonyl (C=O) groups is 3. The molecule has 0 radical (unpaired) electrons. The van der Waals surface area contributed by atoms with Crippen molar-refractivity contribution in [1.82, 2.24) is 5.32 Å². The largest absolute Gasteiger partial charge is 0.424 e. The number of ether oxygens (including phenoxy) is 1. The van der Waals surface area contributed by atoms with Crippen LogP contribution in [0.4, 0.5) is 0 Å². The van der Waals surface area contributed by atoms with Crippen molar-refractivity contribution >= 4 is 30.4 Å². The molecule has 0 aromatic heterocycles. The van der Waals surface area contributed by atoms with Crippen LogP contribution in [0.5, 0.6) is 5.75 Å². The van der Waals surface area contributed by atoms with Gasteiger partial charge in [0.1, 0.15) is 11.8 Å². The molecule has 6 nitrogen and oxygen atoms in total. The SMILES string of the molecule is CC(=O)NC(CS)C(=O)Oc1ccccc1C(N)=O. The number of benzene rings is 1. The smallest absolute Gasteiger partial charge is 0.334 e. The third-order valence-electron chi connectivity index (χ3n) is 2.21. The van der Waals surface area contributed by atoms with Crippen molar-refractivity contribution < 1.29 is 19.1 Å². The quantitative estimate of drug-likeness (QED) is 0.406. The van der Waals surface area contributed by atoms with E-state index in [1.54, 1.807) is 12.1 Å².